The van der Waals surface area contributed by atoms with Crippen molar-refractivity contribution in [2.75, 3.05) is 38.5 Å². The largest absolute Gasteiger partial charge is 0.445 e. The molecular weight excluding hydrogens is 787 g/mol. The normalized spacial score (nSPS) is 14.1. The van der Waals surface area contributed by atoms with Gasteiger partial charge in [0.2, 0.25) is 29.5 Å². The molecule has 0 aromatic heterocycles. The van der Waals surface area contributed by atoms with Gasteiger partial charge in [0.25, 0.3) is 0 Å². The van der Waals surface area contributed by atoms with Crippen LogP contribution in [0.3, 0.4) is 0 Å². The first kappa shape index (κ1) is 51.9. The van der Waals surface area contributed by atoms with Crippen molar-refractivity contribution in [3.63, 3.8) is 0 Å². The molecule has 2 rings (SSSR count). The number of carbonyl (C=O) groups excluding carboxylic acids is 8. The van der Waals surface area contributed by atoms with Gasteiger partial charge in [-0.05, 0) is 62.3 Å². The van der Waals surface area contributed by atoms with E-state index in [1.807, 2.05) is 13.8 Å². The minimum Gasteiger partial charge on any atom is -0.445 e. The minimum absolute atomic E-state index is 0.0113. The molecule has 1 aliphatic heterocycles. The van der Waals surface area contributed by atoms with Crippen LogP contribution in [0, 0.1) is 17.8 Å². The van der Waals surface area contributed by atoms with Crippen LogP contribution in [0.25, 0.3) is 0 Å². The summed E-state index contributed by atoms with van der Waals surface area (Å²) in [7, 11) is 1.73. The number of benzene rings is 1. The Morgan fingerprint density at radius 1 is 0.754 bits per heavy atom. The molecule has 1 saturated heterocycles. The second-order valence-corrected chi connectivity index (χ2v) is 17.0. The fourth-order valence-corrected chi connectivity index (χ4v) is 6.46. The zero-order chi connectivity index (χ0) is 45.8. The maximum absolute atomic E-state index is 13.6. The van der Waals surface area contributed by atoms with E-state index >= 15 is 0 Å². The second kappa shape index (κ2) is 26.2. The summed E-state index contributed by atoms with van der Waals surface area (Å²) in [5.74, 6) is -3.02. The van der Waals surface area contributed by atoms with Crippen molar-refractivity contribution in [1.82, 2.24) is 36.4 Å². The molecule has 1 aliphatic rings. The Kier molecular flexibility index (Phi) is 22.2. The monoisotopic (exact) mass is 858 g/mol. The smallest absolute Gasteiger partial charge is 0.410 e. The van der Waals surface area contributed by atoms with E-state index in [1.54, 1.807) is 63.9 Å². The van der Waals surface area contributed by atoms with Crippen LogP contribution >= 0.6 is 0 Å². The molecule has 18 heteroatoms. The van der Waals surface area contributed by atoms with Crippen LogP contribution in [-0.4, -0.2) is 121 Å². The summed E-state index contributed by atoms with van der Waals surface area (Å²) in [6, 6.07) is 3.40. The summed E-state index contributed by atoms with van der Waals surface area (Å²) in [5.41, 5.74) is 6.26. The average Bonchev–Trinajstić information content (AvgIpc) is 3.17. The molecule has 3 atom stereocenters. The van der Waals surface area contributed by atoms with Gasteiger partial charge in [-0.1, -0.05) is 67.5 Å². The third kappa shape index (κ3) is 18.9. The molecule has 18 nitrogen and oxygen atoms in total. The van der Waals surface area contributed by atoms with Gasteiger partial charge >= 0.3 is 12.1 Å². The van der Waals surface area contributed by atoms with Crippen LogP contribution in [0.1, 0.15) is 106 Å². The summed E-state index contributed by atoms with van der Waals surface area (Å²) in [5, 5.41) is 16.8. The van der Waals surface area contributed by atoms with Crippen LogP contribution in [0.2, 0.25) is 0 Å². The van der Waals surface area contributed by atoms with Crippen molar-refractivity contribution < 1.29 is 43.1 Å². The number of unbranched alkanes of at least 4 members (excludes halogenated alkanes) is 1. The maximum Gasteiger partial charge on any atom is 0.410 e. The van der Waals surface area contributed by atoms with Gasteiger partial charge in [0.05, 0.1) is 12.1 Å². The third-order valence-electron chi connectivity index (χ3n) is 10.3. The maximum atomic E-state index is 13.6. The Bertz CT molecular complexity index is 1630. The highest BCUT2D eigenvalue weighted by atomic mass is 16.6. The first-order valence-corrected chi connectivity index (χ1v) is 21.5. The van der Waals surface area contributed by atoms with E-state index < -0.39 is 59.8 Å². The summed E-state index contributed by atoms with van der Waals surface area (Å²) in [6.07, 6.45) is 1.58. The molecule has 0 unspecified atom stereocenters. The number of urea groups is 1. The van der Waals surface area contributed by atoms with Gasteiger partial charge in [-0.25, -0.2) is 9.59 Å². The fourth-order valence-electron chi connectivity index (χ4n) is 6.46. The van der Waals surface area contributed by atoms with Gasteiger partial charge in [-0.15, -0.1) is 0 Å². The molecule has 61 heavy (non-hydrogen) atoms. The number of ether oxygens (including phenoxy) is 1. The molecule has 0 bridgehead atoms. The lowest BCUT2D eigenvalue weighted by molar-refractivity contribution is -0.138. The van der Waals surface area contributed by atoms with E-state index in [1.165, 1.54) is 4.90 Å². The van der Waals surface area contributed by atoms with Crippen LogP contribution < -0.4 is 37.6 Å². The van der Waals surface area contributed by atoms with Gasteiger partial charge in [0, 0.05) is 63.1 Å². The quantitative estimate of drug-likeness (QED) is 0.0672. The number of Topliss-reactive ketones (excluding diaryl/α,β-unsaturated/α-hetero) is 1. The topological polar surface area (TPSA) is 250 Å². The Morgan fingerprint density at radius 2 is 1.36 bits per heavy atom. The van der Waals surface area contributed by atoms with Gasteiger partial charge in [0.15, 0.2) is 5.78 Å². The predicted octanol–water partition coefficient (Wildman–Crippen LogP) is 2.79. The standard InChI is InChI=1S/C43H71N9O9/c1-26(2)37(50-36(54)20-19-35(53)48-33(38(55)27(3)4)13-10-11-21-45-29(7)8)40(57)49-34(14-12-22-46-42(44)59)39(56)47-31-17-15-30(16-18-31)25-61-43(60)52-23-32(24-52)51(9)41(58)28(5)6/h15-18,26-29,32-34,37,45H,10-14,19-25H2,1-9H3,(H,47,56)(H,48,53)(H,49,57)(H,50,54)(H3,44,46,59)/t33-,34-,37-/m0/s1. The van der Waals surface area contributed by atoms with E-state index in [-0.39, 0.29) is 68.4 Å². The van der Waals surface area contributed by atoms with Crippen molar-refractivity contribution >= 4 is 53.1 Å². The van der Waals surface area contributed by atoms with E-state index in [4.69, 9.17) is 10.5 Å². The molecule has 1 heterocycles. The number of amides is 8. The van der Waals surface area contributed by atoms with Crippen molar-refractivity contribution in [1.29, 1.82) is 0 Å². The summed E-state index contributed by atoms with van der Waals surface area (Å²) < 4.78 is 5.44. The zero-order valence-corrected chi connectivity index (χ0v) is 37.6. The van der Waals surface area contributed by atoms with Gasteiger partial charge in [-0.3, -0.25) is 28.8 Å². The molecule has 1 aromatic carbocycles. The second-order valence-electron chi connectivity index (χ2n) is 17.0. The lowest BCUT2D eigenvalue weighted by Crippen LogP contribution is -2.61. The fraction of sp³-hybridized carbons (Fsp3) is 0.674. The van der Waals surface area contributed by atoms with Crippen molar-refractivity contribution in [3.05, 3.63) is 29.8 Å². The third-order valence-corrected chi connectivity index (χ3v) is 10.3. The molecule has 8 amide bonds. The van der Waals surface area contributed by atoms with Crippen LogP contribution in [0.15, 0.2) is 24.3 Å². The van der Waals surface area contributed by atoms with E-state index in [0.717, 1.165) is 19.4 Å². The zero-order valence-electron chi connectivity index (χ0n) is 37.6. The Morgan fingerprint density at radius 3 is 1.92 bits per heavy atom. The number of anilines is 1. The molecule has 8 N–H and O–H groups in total. The Balaban J connectivity index is 1.98. The first-order chi connectivity index (χ1) is 28.7. The highest BCUT2D eigenvalue weighted by Gasteiger charge is 2.37. The van der Waals surface area contributed by atoms with Crippen LogP contribution in [0.4, 0.5) is 15.3 Å². The number of rotatable bonds is 26. The Hall–Kier alpha value is -5.26. The highest BCUT2D eigenvalue weighted by Crippen LogP contribution is 2.19. The molecule has 0 spiro atoms. The molecule has 0 radical (unpaired) electrons. The number of primary amides is 1. The number of nitrogens with two attached hydrogens (primary N) is 1. The number of hydrogen-bond donors (Lipinski definition) is 7. The van der Waals surface area contributed by atoms with Gasteiger partial charge in [0.1, 0.15) is 18.7 Å². The molecule has 1 fully saturated rings. The number of nitrogens with zero attached hydrogens (tertiary/aromatic N) is 2. The Labute approximate surface area is 360 Å². The number of nitrogens with one attached hydrogen (secondary N) is 6. The molecule has 342 valence electrons. The first-order valence-electron chi connectivity index (χ1n) is 21.5. The molecule has 1 aromatic rings. The summed E-state index contributed by atoms with van der Waals surface area (Å²) in [4.78, 5) is 105. The number of likely N-dealkylation sites (tertiary alicyclic amines) is 1. The van der Waals surface area contributed by atoms with Gasteiger partial charge < -0.3 is 52.2 Å². The minimum atomic E-state index is -1.07. The van der Waals surface area contributed by atoms with Crippen molar-refractivity contribution in [3.8, 4) is 0 Å². The number of carbonyl (C=O) groups is 8. The number of likely N-dealkylation sites (N-methyl/N-ethyl adjacent to an activating group) is 1. The summed E-state index contributed by atoms with van der Waals surface area (Å²) >= 11 is 0. The molecular formula is C43H71N9O9. The SMILES string of the molecule is CC(C)NCCCC[C@H](NC(=O)CCC(=O)N[C@H](C(=O)N[C@@H](CCCNC(N)=O)C(=O)Nc1ccc(COC(=O)N2CC(N(C)C(=O)C(C)C)C2)cc1)C(C)C)C(=O)C(C)C. The van der Waals surface area contributed by atoms with Crippen LogP contribution in [0.5, 0.6) is 0 Å². The molecule has 0 saturated carbocycles. The predicted molar refractivity (Wildman–Crippen MR) is 232 cm³/mol. The van der Waals surface area contributed by atoms with Crippen molar-refractivity contribution in [2.45, 2.75) is 137 Å². The highest BCUT2D eigenvalue weighted by molar-refractivity contribution is 5.98. The summed E-state index contributed by atoms with van der Waals surface area (Å²) in [6.45, 7) is 16.5. The van der Waals surface area contributed by atoms with Crippen molar-refractivity contribution in [2.24, 2.45) is 23.5 Å². The van der Waals surface area contributed by atoms with E-state index in [0.29, 0.717) is 36.8 Å². The number of ketones is 1. The van der Waals surface area contributed by atoms with Crippen LogP contribution in [-0.2, 0) is 40.1 Å². The lowest BCUT2D eigenvalue weighted by atomic mass is 9.97. The number of hydrogen-bond acceptors (Lipinski definition) is 10. The van der Waals surface area contributed by atoms with Gasteiger partial charge in [-0.2, -0.15) is 0 Å². The molecule has 0 aliphatic carbocycles. The average molecular weight is 858 g/mol. The lowest BCUT2D eigenvalue weighted by Gasteiger charge is -2.43. The van der Waals surface area contributed by atoms with E-state index in [2.05, 4.69) is 45.7 Å². The van der Waals surface area contributed by atoms with E-state index in [9.17, 15) is 38.4 Å².